The second-order valence-corrected chi connectivity index (χ2v) is 22.2. The van der Waals surface area contributed by atoms with Crippen LogP contribution in [-0.2, 0) is 18.3 Å². The van der Waals surface area contributed by atoms with Crippen LogP contribution in [0.25, 0.3) is 57.6 Å². The van der Waals surface area contributed by atoms with Crippen molar-refractivity contribution in [2.24, 2.45) is 11.8 Å². The molecule has 0 amide bonds. The summed E-state index contributed by atoms with van der Waals surface area (Å²) in [6, 6.07) is 21.3. The van der Waals surface area contributed by atoms with Crippen molar-refractivity contribution >= 4 is 77.3 Å². The molecule has 2 unspecified atom stereocenters. The number of allylic oxidation sites excluding steroid dienone is 1. The van der Waals surface area contributed by atoms with Crippen LogP contribution in [0.15, 0.2) is 75.3 Å². The normalized spacial score (nSPS) is 15.5. The first kappa shape index (κ1) is 43.8. The van der Waals surface area contributed by atoms with Crippen LogP contribution in [0.1, 0.15) is 134 Å². The van der Waals surface area contributed by atoms with Gasteiger partial charge in [0, 0.05) is 79.0 Å². The molecule has 8 heteroatoms. The lowest BCUT2D eigenvalue weighted by Crippen LogP contribution is -2.34. The lowest BCUT2D eigenvalue weighted by Gasteiger charge is -2.27. The topological polar surface area (TPSA) is 57.6 Å². The summed E-state index contributed by atoms with van der Waals surface area (Å²) in [6.07, 6.45) is 16.2. The van der Waals surface area contributed by atoms with Crippen LogP contribution >= 0.6 is 45.3 Å². The number of hydrogen-bond acceptors (Lipinski definition) is 8. The Morgan fingerprint density at radius 1 is 0.689 bits per heavy atom. The number of thiophene rings is 4. The maximum Gasteiger partial charge on any atom is 0.268 e. The van der Waals surface area contributed by atoms with Crippen molar-refractivity contribution in [1.82, 2.24) is 0 Å². The Hall–Kier alpha value is -3.82. The van der Waals surface area contributed by atoms with Gasteiger partial charge in [0.25, 0.3) is 5.43 Å². The van der Waals surface area contributed by atoms with Crippen LogP contribution in [0, 0.1) is 11.8 Å². The number of rotatable bonds is 19. The van der Waals surface area contributed by atoms with E-state index in [4.69, 9.17) is 0 Å². The highest BCUT2D eigenvalue weighted by Crippen LogP contribution is 2.54. The zero-order valence-corrected chi connectivity index (χ0v) is 40.3. The lowest BCUT2D eigenvalue weighted by atomic mass is 9.82. The Morgan fingerprint density at radius 3 is 1.90 bits per heavy atom. The van der Waals surface area contributed by atoms with Gasteiger partial charge >= 0.3 is 0 Å². The Bertz CT molecular complexity index is 2650. The Morgan fingerprint density at radius 2 is 1.31 bits per heavy atom. The zero-order chi connectivity index (χ0) is 43.0. The molecule has 0 saturated heterocycles. The second kappa shape index (κ2) is 18.5. The first-order valence-electron chi connectivity index (χ1n) is 22.8. The summed E-state index contributed by atoms with van der Waals surface area (Å²) in [5, 5.41) is 15.4. The highest BCUT2D eigenvalue weighted by Gasteiger charge is 2.41. The fourth-order valence-corrected chi connectivity index (χ4v) is 14.3. The highest BCUT2D eigenvalue weighted by atomic mass is 32.1. The van der Waals surface area contributed by atoms with Crippen molar-refractivity contribution < 1.29 is 5.11 Å². The van der Waals surface area contributed by atoms with Crippen molar-refractivity contribution in [1.29, 1.82) is 0 Å². The average molecular weight is 888 g/mol. The summed E-state index contributed by atoms with van der Waals surface area (Å²) in [4.78, 5) is 33.9. The minimum absolute atomic E-state index is 0.123. The van der Waals surface area contributed by atoms with E-state index in [-0.39, 0.29) is 5.56 Å². The van der Waals surface area contributed by atoms with Gasteiger partial charge in [-0.05, 0) is 102 Å². The van der Waals surface area contributed by atoms with Gasteiger partial charge in [0.05, 0.1) is 5.56 Å². The molecule has 0 aliphatic carbocycles. The molecule has 1 aliphatic rings. The molecule has 1 N–H and O–H groups in total. The monoisotopic (exact) mass is 887 g/mol. The molecule has 0 spiro atoms. The summed E-state index contributed by atoms with van der Waals surface area (Å²) < 4.78 is 2.73. The van der Waals surface area contributed by atoms with Crippen LogP contribution < -0.4 is 15.8 Å². The van der Waals surface area contributed by atoms with Gasteiger partial charge in [-0.15, -0.1) is 45.3 Å². The minimum atomic E-state index is -0.794. The smallest absolute Gasteiger partial charge is 0.268 e. The van der Waals surface area contributed by atoms with Crippen LogP contribution in [0.5, 0.6) is 5.75 Å². The molecule has 2 atom stereocenters. The number of benzene rings is 2. The predicted octanol–water partition coefficient (Wildman–Crippen LogP) is 16.0. The van der Waals surface area contributed by atoms with Crippen LogP contribution in [0.4, 0.5) is 5.69 Å². The predicted molar refractivity (Wildman–Crippen MR) is 270 cm³/mol. The number of fused-ring (bicyclic) bond motifs is 3. The molecule has 320 valence electrons. The van der Waals surface area contributed by atoms with Crippen molar-refractivity contribution in [2.75, 3.05) is 11.4 Å². The van der Waals surface area contributed by atoms with E-state index in [1.165, 1.54) is 118 Å². The van der Waals surface area contributed by atoms with Crippen molar-refractivity contribution in [3.05, 3.63) is 107 Å². The Balaban J connectivity index is 1.27. The molecule has 61 heavy (non-hydrogen) atoms. The first-order chi connectivity index (χ1) is 29.5. The molecule has 0 fully saturated rings. The molecular weight excluding hydrogens is 827 g/mol. The van der Waals surface area contributed by atoms with E-state index in [0.717, 1.165) is 55.4 Å². The average Bonchev–Trinajstić information content (AvgIpc) is 4.13. The molecule has 4 aromatic heterocycles. The maximum atomic E-state index is 12.6. The number of nitrogens with zero attached hydrogens (tertiary/aromatic N) is 1. The largest absolute Gasteiger partial charge is 0.504 e. The summed E-state index contributed by atoms with van der Waals surface area (Å²) in [5.74, 6) is 1.03. The van der Waals surface area contributed by atoms with Crippen molar-refractivity contribution in [2.45, 2.75) is 131 Å². The van der Waals surface area contributed by atoms with E-state index in [1.54, 1.807) is 6.08 Å². The van der Waals surface area contributed by atoms with Gasteiger partial charge in [-0.1, -0.05) is 112 Å². The standard InChI is InChI=1S/C53H61NO3S4/c1-8-13-16-32(11-4)27-35-19-22-42(59-35)46-37-24-26-58-51(37)47(43-23-20-36(60-43)28-33(12-5)17-14-9-2)38-30-44(61-52(38)46)34-18-21-41-40(29-34)53(6,7)45(54(41)25-15-10-3)31-39-48(55)50(57)49(39)56/h18-24,26,29-33,55H,8-17,25,27-28H2,1-7H3. The third-order valence-corrected chi connectivity index (χ3v) is 17.8. The molecule has 4 nitrogen and oxygen atoms in total. The van der Waals surface area contributed by atoms with E-state index in [2.05, 4.69) is 113 Å². The molecule has 5 heterocycles. The van der Waals surface area contributed by atoms with E-state index in [1.807, 2.05) is 45.3 Å². The summed E-state index contributed by atoms with van der Waals surface area (Å²) in [6.45, 7) is 16.7. The Labute approximate surface area is 378 Å². The van der Waals surface area contributed by atoms with E-state index < -0.39 is 22.0 Å². The fourth-order valence-electron chi connectivity index (χ4n) is 9.55. The lowest BCUT2D eigenvalue weighted by molar-refractivity contribution is 0.452. The number of anilines is 1. The second-order valence-electron chi connectivity index (χ2n) is 17.9. The fraction of sp³-hybridized carbons (Fsp3) is 0.434. The third kappa shape index (κ3) is 8.27. The zero-order valence-electron chi connectivity index (χ0n) is 37.0. The van der Waals surface area contributed by atoms with Crippen LogP contribution in [0.3, 0.4) is 0 Å². The third-order valence-electron chi connectivity index (χ3n) is 13.4. The molecule has 1 aliphatic heterocycles. The number of unbranched alkanes of at least 4 members (excludes halogenated alkanes) is 3. The van der Waals surface area contributed by atoms with E-state index in [9.17, 15) is 14.7 Å². The molecule has 7 aromatic rings. The van der Waals surface area contributed by atoms with Gasteiger partial charge in [-0.3, -0.25) is 9.59 Å². The van der Waals surface area contributed by atoms with Gasteiger partial charge in [0.1, 0.15) is 0 Å². The molecule has 3 aromatic carbocycles. The molecule has 0 radical (unpaired) electrons. The SMILES string of the molecule is CCCCC(CC)Cc1ccc(-c2c3cc(-c4ccc5c(c4)C(C)(C)C(=Cc4c(O)c(=O)c4=O)N5CCCC)sc3c(-c3ccc(CC(CC)CCCC)s3)c3ccsc23)s1. The van der Waals surface area contributed by atoms with Gasteiger partial charge in [0.15, 0.2) is 5.75 Å². The molecule has 0 saturated carbocycles. The maximum absolute atomic E-state index is 12.6. The van der Waals surface area contributed by atoms with Gasteiger partial charge in [-0.25, -0.2) is 0 Å². The molecule has 8 rings (SSSR count). The number of aromatic hydroxyl groups is 1. The summed E-state index contributed by atoms with van der Waals surface area (Å²) in [5.41, 5.74) is 5.45. The molecule has 0 bridgehead atoms. The van der Waals surface area contributed by atoms with Gasteiger partial charge < -0.3 is 10.0 Å². The summed E-state index contributed by atoms with van der Waals surface area (Å²) in [7, 11) is 0. The van der Waals surface area contributed by atoms with Gasteiger partial charge in [0.2, 0.25) is 5.43 Å². The minimum Gasteiger partial charge on any atom is -0.504 e. The van der Waals surface area contributed by atoms with Gasteiger partial charge in [-0.2, -0.15) is 0 Å². The number of hydrogen-bond donors (Lipinski definition) is 1. The van der Waals surface area contributed by atoms with E-state index in [0.29, 0.717) is 0 Å². The summed E-state index contributed by atoms with van der Waals surface area (Å²) >= 11 is 7.78. The van der Waals surface area contributed by atoms with Crippen LogP contribution in [0.2, 0.25) is 0 Å². The Kier molecular flexibility index (Phi) is 13.3. The van der Waals surface area contributed by atoms with Crippen molar-refractivity contribution in [3.8, 4) is 37.1 Å². The van der Waals surface area contributed by atoms with Crippen molar-refractivity contribution in [3.63, 3.8) is 0 Å². The highest BCUT2D eigenvalue weighted by molar-refractivity contribution is 7.25. The molecular formula is C53H61NO3S4. The first-order valence-corrected chi connectivity index (χ1v) is 26.2. The van der Waals surface area contributed by atoms with Crippen LogP contribution in [-0.4, -0.2) is 11.7 Å². The quantitative estimate of drug-likeness (QED) is 0.0822. The van der Waals surface area contributed by atoms with E-state index >= 15 is 0 Å².